The van der Waals surface area contributed by atoms with Crippen molar-refractivity contribution in [2.45, 2.75) is 39.8 Å². The molecule has 0 radical (unpaired) electrons. The molecule has 2 unspecified atom stereocenters. The summed E-state index contributed by atoms with van der Waals surface area (Å²) < 4.78 is 5.08. The molecule has 0 aromatic carbocycles. The van der Waals surface area contributed by atoms with Crippen LogP contribution in [0.1, 0.15) is 31.7 Å². The second-order valence-electron chi connectivity index (χ2n) is 5.94. The van der Waals surface area contributed by atoms with Crippen LogP contribution in [-0.4, -0.2) is 53.1 Å². The lowest BCUT2D eigenvalue weighted by atomic mass is 9.98. The maximum atomic E-state index is 12.3. The van der Waals surface area contributed by atoms with E-state index in [4.69, 9.17) is 10.3 Å². The van der Waals surface area contributed by atoms with Crippen molar-refractivity contribution in [2.24, 2.45) is 11.7 Å². The van der Waals surface area contributed by atoms with Crippen LogP contribution in [-0.2, 0) is 11.3 Å². The number of amides is 1. The number of hydrogen-bond donors (Lipinski definition) is 1. The van der Waals surface area contributed by atoms with Crippen molar-refractivity contribution >= 4 is 5.91 Å². The zero-order chi connectivity index (χ0) is 15.4. The molecule has 0 bridgehead atoms. The van der Waals surface area contributed by atoms with Crippen molar-refractivity contribution in [3.63, 3.8) is 0 Å². The summed E-state index contributed by atoms with van der Waals surface area (Å²) in [4.78, 5) is 16.5. The lowest BCUT2D eigenvalue weighted by Crippen LogP contribution is -2.54. The monoisotopic (exact) mass is 294 g/mol. The predicted molar refractivity (Wildman–Crippen MR) is 80.5 cm³/mol. The van der Waals surface area contributed by atoms with Crippen LogP contribution >= 0.6 is 0 Å². The molecule has 2 heterocycles. The Hall–Kier alpha value is -1.40. The van der Waals surface area contributed by atoms with E-state index in [1.54, 1.807) is 0 Å². The Morgan fingerprint density at radius 2 is 2.10 bits per heavy atom. The van der Waals surface area contributed by atoms with E-state index in [1.807, 2.05) is 24.8 Å². The van der Waals surface area contributed by atoms with Crippen LogP contribution in [0.3, 0.4) is 0 Å². The number of rotatable bonds is 5. The maximum absolute atomic E-state index is 12.3. The molecule has 1 aromatic rings. The fourth-order valence-corrected chi connectivity index (χ4v) is 2.56. The normalized spacial score (nSPS) is 19.5. The highest BCUT2D eigenvalue weighted by molar-refractivity contribution is 5.82. The van der Waals surface area contributed by atoms with Gasteiger partial charge >= 0.3 is 0 Å². The van der Waals surface area contributed by atoms with Crippen LogP contribution in [0.5, 0.6) is 0 Å². The van der Waals surface area contributed by atoms with Crippen LogP contribution in [0.25, 0.3) is 0 Å². The van der Waals surface area contributed by atoms with Gasteiger partial charge in [0, 0.05) is 38.8 Å². The Morgan fingerprint density at radius 3 is 2.62 bits per heavy atom. The van der Waals surface area contributed by atoms with E-state index < -0.39 is 0 Å². The Labute approximate surface area is 126 Å². The van der Waals surface area contributed by atoms with E-state index in [2.05, 4.69) is 17.0 Å². The minimum atomic E-state index is -0.375. The lowest BCUT2D eigenvalue weighted by molar-refractivity contribution is -0.135. The smallest absolute Gasteiger partial charge is 0.239 e. The molecule has 0 aliphatic carbocycles. The molecule has 6 heteroatoms. The van der Waals surface area contributed by atoms with Crippen molar-refractivity contribution in [2.75, 3.05) is 26.2 Å². The molecular weight excluding hydrogens is 268 g/mol. The first kappa shape index (κ1) is 16.0. The molecule has 1 aliphatic heterocycles. The zero-order valence-electron chi connectivity index (χ0n) is 13.2. The Kier molecular flexibility index (Phi) is 5.36. The first-order valence-corrected chi connectivity index (χ1v) is 7.70. The third-order valence-corrected chi connectivity index (χ3v) is 4.29. The molecule has 21 heavy (non-hydrogen) atoms. The van der Waals surface area contributed by atoms with Gasteiger partial charge in [-0.25, -0.2) is 0 Å². The number of nitrogens with zero attached hydrogens (tertiary/aromatic N) is 3. The van der Waals surface area contributed by atoms with Crippen LogP contribution in [0.2, 0.25) is 0 Å². The molecular formula is C15H26N4O2. The molecule has 1 saturated heterocycles. The quantitative estimate of drug-likeness (QED) is 0.877. The fourth-order valence-electron chi connectivity index (χ4n) is 2.56. The summed E-state index contributed by atoms with van der Waals surface area (Å²) >= 11 is 0. The van der Waals surface area contributed by atoms with Gasteiger partial charge in [-0.2, -0.15) is 0 Å². The second kappa shape index (κ2) is 7.04. The molecule has 2 N–H and O–H groups in total. The van der Waals surface area contributed by atoms with Gasteiger partial charge in [0.25, 0.3) is 0 Å². The van der Waals surface area contributed by atoms with Gasteiger partial charge in [0.2, 0.25) is 5.91 Å². The summed E-state index contributed by atoms with van der Waals surface area (Å²) in [5.74, 6) is 1.15. The predicted octanol–water partition coefficient (Wildman–Crippen LogP) is 1.00. The van der Waals surface area contributed by atoms with E-state index in [-0.39, 0.29) is 17.9 Å². The zero-order valence-corrected chi connectivity index (χ0v) is 13.2. The summed E-state index contributed by atoms with van der Waals surface area (Å²) in [6.45, 7) is 9.94. The Balaban J connectivity index is 1.81. The lowest BCUT2D eigenvalue weighted by Gasteiger charge is -2.36. The van der Waals surface area contributed by atoms with E-state index in [0.29, 0.717) is 0 Å². The van der Waals surface area contributed by atoms with Crippen molar-refractivity contribution in [1.29, 1.82) is 0 Å². The number of nitrogens with two attached hydrogens (primary N) is 1. The molecule has 2 rings (SSSR count). The van der Waals surface area contributed by atoms with E-state index in [9.17, 15) is 4.79 Å². The maximum Gasteiger partial charge on any atom is 0.239 e. The van der Waals surface area contributed by atoms with Gasteiger partial charge in [0.15, 0.2) is 0 Å². The second-order valence-corrected chi connectivity index (χ2v) is 5.94. The van der Waals surface area contributed by atoms with Gasteiger partial charge in [0.1, 0.15) is 5.76 Å². The van der Waals surface area contributed by atoms with Gasteiger partial charge in [-0.3, -0.25) is 9.69 Å². The number of carbonyl (C=O) groups is 1. The average Bonchev–Trinajstić information content (AvgIpc) is 2.90. The van der Waals surface area contributed by atoms with Crippen molar-refractivity contribution < 1.29 is 9.32 Å². The van der Waals surface area contributed by atoms with Crippen LogP contribution < -0.4 is 5.73 Å². The van der Waals surface area contributed by atoms with Crippen LogP contribution in [0.15, 0.2) is 10.6 Å². The van der Waals surface area contributed by atoms with Gasteiger partial charge in [0.05, 0.1) is 11.7 Å². The first-order chi connectivity index (χ1) is 10.0. The van der Waals surface area contributed by atoms with Gasteiger partial charge in [-0.1, -0.05) is 25.4 Å². The highest BCUT2D eigenvalue weighted by Crippen LogP contribution is 2.12. The fraction of sp³-hybridized carbons (Fsp3) is 0.733. The highest BCUT2D eigenvalue weighted by Gasteiger charge is 2.27. The minimum Gasteiger partial charge on any atom is -0.361 e. The standard InChI is InChI=1S/C15H26N4O2/c1-4-11(2)14(16)15(20)19-7-5-18(6-8-19)10-13-9-12(3)21-17-13/h9,11,14H,4-8,10,16H2,1-3H3. The number of aromatic nitrogens is 1. The molecule has 1 aromatic heterocycles. The molecule has 2 atom stereocenters. The van der Waals surface area contributed by atoms with Crippen molar-refractivity contribution in [3.05, 3.63) is 17.5 Å². The van der Waals surface area contributed by atoms with E-state index in [1.165, 1.54) is 0 Å². The molecule has 1 fully saturated rings. The van der Waals surface area contributed by atoms with Crippen molar-refractivity contribution in [3.8, 4) is 0 Å². The molecule has 118 valence electrons. The van der Waals surface area contributed by atoms with E-state index in [0.717, 1.165) is 50.6 Å². The van der Waals surface area contributed by atoms with Gasteiger partial charge in [-0.15, -0.1) is 0 Å². The SMILES string of the molecule is CCC(C)C(N)C(=O)N1CCN(Cc2cc(C)on2)CC1. The van der Waals surface area contributed by atoms with Crippen molar-refractivity contribution in [1.82, 2.24) is 15.0 Å². The number of piperazine rings is 1. The van der Waals surface area contributed by atoms with Gasteiger partial charge in [-0.05, 0) is 12.8 Å². The molecule has 6 nitrogen and oxygen atoms in total. The topological polar surface area (TPSA) is 75.6 Å². The largest absolute Gasteiger partial charge is 0.361 e. The van der Waals surface area contributed by atoms with Gasteiger partial charge < -0.3 is 15.2 Å². The molecule has 0 saturated carbocycles. The molecule has 1 amide bonds. The highest BCUT2D eigenvalue weighted by atomic mass is 16.5. The third-order valence-electron chi connectivity index (χ3n) is 4.29. The Morgan fingerprint density at radius 1 is 1.43 bits per heavy atom. The van der Waals surface area contributed by atoms with Crippen LogP contribution in [0.4, 0.5) is 0 Å². The average molecular weight is 294 g/mol. The number of carbonyl (C=O) groups excluding carboxylic acids is 1. The minimum absolute atomic E-state index is 0.0845. The number of hydrogen-bond acceptors (Lipinski definition) is 5. The molecule has 1 aliphatic rings. The summed E-state index contributed by atoms with van der Waals surface area (Å²) in [5, 5.41) is 4.01. The molecule has 0 spiro atoms. The Bertz CT molecular complexity index is 466. The van der Waals surface area contributed by atoms with Crippen LogP contribution in [0, 0.1) is 12.8 Å². The summed E-state index contributed by atoms with van der Waals surface area (Å²) in [7, 11) is 0. The summed E-state index contributed by atoms with van der Waals surface area (Å²) in [6.07, 6.45) is 0.929. The summed E-state index contributed by atoms with van der Waals surface area (Å²) in [6, 6.07) is 1.58. The third kappa shape index (κ3) is 4.04. The van der Waals surface area contributed by atoms with E-state index >= 15 is 0 Å². The number of aryl methyl sites for hydroxylation is 1. The first-order valence-electron chi connectivity index (χ1n) is 7.70. The summed E-state index contributed by atoms with van der Waals surface area (Å²) in [5.41, 5.74) is 6.98.